The molecule has 1 aromatic carbocycles. The topological polar surface area (TPSA) is 43.1 Å². The van der Waals surface area contributed by atoms with Gasteiger partial charge in [-0.15, -0.1) is 0 Å². The molecule has 0 amide bonds. The average Bonchev–Trinajstić information content (AvgIpc) is 2.05. The summed E-state index contributed by atoms with van der Waals surface area (Å²) in [6.07, 6.45) is 0.335. The SMILES string of the molecule is [B]Cc1cccc([N+](=O)[O-])c1. The van der Waals surface area contributed by atoms with E-state index in [9.17, 15) is 10.1 Å². The second kappa shape index (κ2) is 3.19. The van der Waals surface area contributed by atoms with Crippen LogP contribution in [0.1, 0.15) is 5.56 Å². The van der Waals surface area contributed by atoms with Gasteiger partial charge in [-0.2, -0.15) is 0 Å². The van der Waals surface area contributed by atoms with Crippen molar-refractivity contribution in [1.29, 1.82) is 0 Å². The van der Waals surface area contributed by atoms with Crippen molar-refractivity contribution in [3.8, 4) is 0 Å². The van der Waals surface area contributed by atoms with Crippen LogP contribution < -0.4 is 0 Å². The highest BCUT2D eigenvalue weighted by Gasteiger charge is 2.03. The lowest BCUT2D eigenvalue weighted by Crippen LogP contribution is -1.89. The van der Waals surface area contributed by atoms with Gasteiger partial charge in [0.2, 0.25) is 0 Å². The van der Waals surface area contributed by atoms with Crippen LogP contribution in [0.25, 0.3) is 0 Å². The highest BCUT2D eigenvalue weighted by Crippen LogP contribution is 2.12. The van der Waals surface area contributed by atoms with Crippen molar-refractivity contribution in [2.45, 2.75) is 6.32 Å². The molecule has 2 radical (unpaired) electrons. The molecule has 0 fully saturated rings. The van der Waals surface area contributed by atoms with E-state index in [-0.39, 0.29) is 5.69 Å². The van der Waals surface area contributed by atoms with Crippen LogP contribution in [-0.4, -0.2) is 12.8 Å². The second-order valence-corrected chi connectivity index (χ2v) is 2.13. The zero-order valence-corrected chi connectivity index (χ0v) is 5.86. The number of hydrogen-bond acceptors (Lipinski definition) is 2. The fraction of sp³-hybridized carbons (Fsp3) is 0.143. The minimum absolute atomic E-state index is 0.0907. The molecule has 4 heteroatoms. The van der Waals surface area contributed by atoms with Crippen LogP contribution in [0.4, 0.5) is 5.69 Å². The summed E-state index contributed by atoms with van der Waals surface area (Å²) >= 11 is 0. The minimum atomic E-state index is -0.431. The van der Waals surface area contributed by atoms with Crippen molar-refractivity contribution in [2.24, 2.45) is 0 Å². The first-order valence-electron chi connectivity index (χ1n) is 3.17. The maximum absolute atomic E-state index is 10.2. The van der Waals surface area contributed by atoms with Gasteiger partial charge in [0.1, 0.15) is 0 Å². The number of rotatable bonds is 2. The van der Waals surface area contributed by atoms with Gasteiger partial charge in [0.25, 0.3) is 5.69 Å². The lowest BCUT2D eigenvalue weighted by atomic mass is 9.97. The van der Waals surface area contributed by atoms with Crippen molar-refractivity contribution < 1.29 is 4.92 Å². The zero-order valence-electron chi connectivity index (χ0n) is 5.86. The molecule has 0 heterocycles. The Kier molecular flexibility index (Phi) is 2.26. The third kappa shape index (κ3) is 1.80. The summed E-state index contributed by atoms with van der Waals surface area (Å²) < 4.78 is 0. The van der Waals surface area contributed by atoms with Crippen molar-refractivity contribution in [3.63, 3.8) is 0 Å². The highest BCUT2D eigenvalue weighted by molar-refractivity contribution is 6.08. The Labute approximate surface area is 65.6 Å². The minimum Gasteiger partial charge on any atom is -0.258 e. The molecule has 0 aromatic heterocycles. The predicted octanol–water partition coefficient (Wildman–Crippen LogP) is 1.26. The summed E-state index contributed by atoms with van der Waals surface area (Å²) in [5.41, 5.74) is 0.868. The molecule has 0 saturated heterocycles. The number of nitro groups is 1. The molecule has 1 rings (SSSR count). The molecule has 11 heavy (non-hydrogen) atoms. The standard InChI is InChI=1S/C7H6BNO2/c8-5-6-2-1-3-7(4-6)9(10)11/h1-4H,5H2. The molecule has 0 spiro atoms. The van der Waals surface area contributed by atoms with Gasteiger partial charge in [0.15, 0.2) is 0 Å². The molecular formula is C7H6BNO2. The summed E-state index contributed by atoms with van der Waals surface area (Å²) in [5.74, 6) is 0. The van der Waals surface area contributed by atoms with Gasteiger partial charge in [-0.1, -0.05) is 18.5 Å². The molecule has 0 aliphatic rings. The number of hydrogen-bond donors (Lipinski definition) is 0. The lowest BCUT2D eigenvalue weighted by Gasteiger charge is -1.94. The van der Waals surface area contributed by atoms with E-state index in [1.165, 1.54) is 12.1 Å². The first kappa shape index (κ1) is 7.79. The van der Waals surface area contributed by atoms with E-state index >= 15 is 0 Å². The van der Waals surface area contributed by atoms with E-state index in [1.807, 2.05) is 0 Å². The van der Waals surface area contributed by atoms with E-state index in [0.29, 0.717) is 6.32 Å². The fourth-order valence-electron chi connectivity index (χ4n) is 0.797. The van der Waals surface area contributed by atoms with E-state index in [2.05, 4.69) is 0 Å². The summed E-state index contributed by atoms with van der Waals surface area (Å²) in [7, 11) is 5.30. The monoisotopic (exact) mass is 147 g/mol. The van der Waals surface area contributed by atoms with E-state index < -0.39 is 4.92 Å². The average molecular weight is 147 g/mol. The Hall–Kier alpha value is -1.32. The Bertz CT molecular complexity index is 275. The number of nitrogens with zero attached hydrogens (tertiary/aromatic N) is 1. The lowest BCUT2D eigenvalue weighted by molar-refractivity contribution is -0.384. The molecule has 0 aliphatic carbocycles. The van der Waals surface area contributed by atoms with E-state index in [4.69, 9.17) is 7.85 Å². The van der Waals surface area contributed by atoms with E-state index in [0.717, 1.165) is 5.56 Å². The fourth-order valence-corrected chi connectivity index (χ4v) is 0.797. The van der Waals surface area contributed by atoms with Crippen LogP contribution in [0.2, 0.25) is 0 Å². The molecule has 0 N–H and O–H groups in total. The third-order valence-electron chi connectivity index (χ3n) is 1.36. The van der Waals surface area contributed by atoms with E-state index in [1.54, 1.807) is 12.1 Å². The van der Waals surface area contributed by atoms with Crippen LogP contribution in [0.3, 0.4) is 0 Å². The largest absolute Gasteiger partial charge is 0.269 e. The maximum atomic E-state index is 10.2. The van der Waals surface area contributed by atoms with Gasteiger partial charge in [0, 0.05) is 12.1 Å². The highest BCUT2D eigenvalue weighted by atomic mass is 16.6. The molecule has 0 saturated carbocycles. The van der Waals surface area contributed by atoms with Crippen LogP contribution in [-0.2, 0) is 6.32 Å². The Morgan fingerprint density at radius 3 is 2.82 bits per heavy atom. The van der Waals surface area contributed by atoms with Gasteiger partial charge in [-0.05, 0) is 5.56 Å². The molecule has 54 valence electrons. The van der Waals surface area contributed by atoms with Crippen molar-refractivity contribution in [1.82, 2.24) is 0 Å². The summed E-state index contributed by atoms with van der Waals surface area (Å²) in [4.78, 5) is 9.80. The van der Waals surface area contributed by atoms with Crippen LogP contribution >= 0.6 is 0 Å². The second-order valence-electron chi connectivity index (χ2n) is 2.13. The number of nitro benzene ring substituents is 1. The smallest absolute Gasteiger partial charge is 0.258 e. The maximum Gasteiger partial charge on any atom is 0.269 e. The van der Waals surface area contributed by atoms with Gasteiger partial charge < -0.3 is 0 Å². The first-order valence-corrected chi connectivity index (χ1v) is 3.17. The Morgan fingerprint density at radius 2 is 2.27 bits per heavy atom. The first-order chi connectivity index (χ1) is 5.24. The predicted molar refractivity (Wildman–Crippen MR) is 42.6 cm³/mol. The summed E-state index contributed by atoms with van der Waals surface area (Å²) in [6, 6.07) is 6.30. The molecule has 3 nitrogen and oxygen atoms in total. The quantitative estimate of drug-likeness (QED) is 0.359. The Morgan fingerprint density at radius 1 is 1.55 bits per heavy atom. The molecular weight excluding hydrogens is 141 g/mol. The zero-order chi connectivity index (χ0) is 8.27. The number of benzene rings is 1. The van der Waals surface area contributed by atoms with Crippen molar-refractivity contribution in [3.05, 3.63) is 39.9 Å². The van der Waals surface area contributed by atoms with Crippen LogP contribution in [0, 0.1) is 10.1 Å². The van der Waals surface area contributed by atoms with Crippen molar-refractivity contribution >= 4 is 13.5 Å². The van der Waals surface area contributed by atoms with Gasteiger partial charge in [0.05, 0.1) is 12.8 Å². The van der Waals surface area contributed by atoms with Gasteiger partial charge in [-0.25, -0.2) is 0 Å². The molecule has 0 aliphatic heterocycles. The van der Waals surface area contributed by atoms with Gasteiger partial charge >= 0.3 is 0 Å². The summed E-state index contributed by atoms with van der Waals surface area (Å²) in [6.45, 7) is 0. The molecule has 0 bridgehead atoms. The van der Waals surface area contributed by atoms with Crippen LogP contribution in [0.5, 0.6) is 0 Å². The van der Waals surface area contributed by atoms with Gasteiger partial charge in [-0.3, -0.25) is 10.1 Å². The Balaban J connectivity index is 3.01. The van der Waals surface area contributed by atoms with Crippen molar-refractivity contribution in [2.75, 3.05) is 0 Å². The van der Waals surface area contributed by atoms with Crippen LogP contribution in [0.15, 0.2) is 24.3 Å². The molecule has 0 unspecified atom stereocenters. The molecule has 1 aromatic rings. The summed E-state index contributed by atoms with van der Waals surface area (Å²) in [5, 5.41) is 10.2. The molecule has 0 atom stereocenters. The third-order valence-corrected chi connectivity index (χ3v) is 1.36. The normalized spacial score (nSPS) is 9.45. The number of non-ortho nitro benzene ring substituents is 1.